The van der Waals surface area contributed by atoms with Crippen molar-refractivity contribution in [2.24, 2.45) is 23.7 Å². The van der Waals surface area contributed by atoms with Crippen LogP contribution in [0.1, 0.15) is 6.42 Å². The molecule has 0 aromatic heterocycles. The van der Waals surface area contributed by atoms with Crippen LogP contribution in [0, 0.1) is 35.3 Å². The van der Waals surface area contributed by atoms with Crippen LogP contribution in [0.25, 0.3) is 0 Å². The normalized spacial score (nSPS) is 29.6. The number of aliphatic carboxylic acids is 1. The van der Waals surface area contributed by atoms with E-state index in [4.69, 9.17) is 0 Å². The van der Waals surface area contributed by atoms with Crippen LogP contribution in [0.15, 0.2) is 30.4 Å². The lowest BCUT2D eigenvalue weighted by Crippen LogP contribution is -2.36. The minimum atomic E-state index is -1.02. The Balaban J connectivity index is 1.82. The number of carboxylic acid groups (broad SMARTS) is 1. The first-order chi connectivity index (χ1) is 9.97. The van der Waals surface area contributed by atoms with E-state index in [-0.39, 0.29) is 17.5 Å². The van der Waals surface area contributed by atoms with Gasteiger partial charge in [-0.15, -0.1) is 0 Å². The molecular weight excluding hydrogens is 280 g/mol. The first-order valence-electron chi connectivity index (χ1n) is 6.64. The van der Waals surface area contributed by atoms with E-state index in [1.54, 1.807) is 0 Å². The van der Waals surface area contributed by atoms with E-state index in [2.05, 4.69) is 5.32 Å². The van der Waals surface area contributed by atoms with Crippen molar-refractivity contribution in [1.82, 2.24) is 0 Å². The van der Waals surface area contributed by atoms with Crippen LogP contribution >= 0.6 is 0 Å². The Morgan fingerprint density at radius 1 is 1.14 bits per heavy atom. The Labute approximate surface area is 119 Å². The van der Waals surface area contributed by atoms with Gasteiger partial charge in [-0.1, -0.05) is 12.2 Å². The van der Waals surface area contributed by atoms with E-state index in [1.165, 1.54) is 0 Å². The predicted octanol–water partition coefficient (Wildman–Crippen LogP) is 2.43. The first kappa shape index (κ1) is 13.7. The summed E-state index contributed by atoms with van der Waals surface area (Å²) in [6.45, 7) is 0. The van der Waals surface area contributed by atoms with E-state index in [0.717, 1.165) is 12.1 Å². The van der Waals surface area contributed by atoms with Gasteiger partial charge in [0.1, 0.15) is 11.6 Å². The fourth-order valence-electron chi connectivity index (χ4n) is 3.32. The number of nitrogens with one attached hydrogen (secondary N) is 1. The van der Waals surface area contributed by atoms with Gasteiger partial charge in [-0.3, -0.25) is 9.59 Å². The second-order valence-corrected chi connectivity index (χ2v) is 5.45. The zero-order chi connectivity index (χ0) is 15.1. The molecule has 0 heterocycles. The van der Waals surface area contributed by atoms with E-state index < -0.39 is 35.3 Å². The van der Waals surface area contributed by atoms with E-state index in [9.17, 15) is 23.5 Å². The smallest absolute Gasteiger partial charge is 0.307 e. The highest BCUT2D eigenvalue weighted by atomic mass is 19.1. The zero-order valence-corrected chi connectivity index (χ0v) is 10.9. The van der Waals surface area contributed by atoms with E-state index in [1.807, 2.05) is 12.2 Å². The fourth-order valence-corrected chi connectivity index (χ4v) is 3.32. The number of hydrogen-bond acceptors (Lipinski definition) is 2. The van der Waals surface area contributed by atoms with Crippen LogP contribution in [-0.4, -0.2) is 17.0 Å². The Hall–Kier alpha value is -2.24. The summed E-state index contributed by atoms with van der Waals surface area (Å²) in [4.78, 5) is 23.6. The van der Waals surface area contributed by atoms with Gasteiger partial charge in [-0.2, -0.15) is 0 Å². The molecule has 110 valence electrons. The Morgan fingerprint density at radius 2 is 1.81 bits per heavy atom. The van der Waals surface area contributed by atoms with Crippen LogP contribution in [0.5, 0.6) is 0 Å². The van der Waals surface area contributed by atoms with Gasteiger partial charge >= 0.3 is 5.97 Å². The molecule has 0 saturated heterocycles. The third kappa shape index (κ3) is 2.30. The SMILES string of the molecule is O=C(O)[C@@H]1[C@H](C(=O)Nc2ccc(F)cc2F)[C@@H]2C=C[C@H]1C2. The van der Waals surface area contributed by atoms with Crippen molar-refractivity contribution in [3.05, 3.63) is 42.0 Å². The number of benzene rings is 1. The molecule has 2 N–H and O–H groups in total. The molecule has 6 heteroatoms. The summed E-state index contributed by atoms with van der Waals surface area (Å²) >= 11 is 0. The van der Waals surface area contributed by atoms with Crippen molar-refractivity contribution >= 4 is 17.6 Å². The summed E-state index contributed by atoms with van der Waals surface area (Å²) in [5.74, 6) is -4.98. The van der Waals surface area contributed by atoms with Crippen LogP contribution < -0.4 is 5.32 Å². The average molecular weight is 293 g/mol. The molecule has 1 aromatic carbocycles. The van der Waals surface area contributed by atoms with Crippen LogP contribution in [-0.2, 0) is 9.59 Å². The van der Waals surface area contributed by atoms with Gasteiger partial charge in [-0.05, 0) is 30.4 Å². The number of hydrogen-bond donors (Lipinski definition) is 2. The predicted molar refractivity (Wildman–Crippen MR) is 70.3 cm³/mol. The molecule has 2 bridgehead atoms. The van der Waals surface area contributed by atoms with Crippen molar-refractivity contribution in [1.29, 1.82) is 0 Å². The quantitative estimate of drug-likeness (QED) is 0.841. The molecule has 1 saturated carbocycles. The van der Waals surface area contributed by atoms with Crippen LogP contribution in [0.3, 0.4) is 0 Å². The molecule has 0 radical (unpaired) electrons. The van der Waals surface area contributed by atoms with Crippen LogP contribution in [0.2, 0.25) is 0 Å². The van der Waals surface area contributed by atoms with Gasteiger partial charge < -0.3 is 10.4 Å². The number of carbonyl (C=O) groups excluding carboxylic acids is 1. The summed E-state index contributed by atoms with van der Waals surface area (Å²) in [5.41, 5.74) is -0.141. The molecule has 1 aromatic rings. The van der Waals surface area contributed by atoms with Crippen LogP contribution in [0.4, 0.5) is 14.5 Å². The van der Waals surface area contributed by atoms with Gasteiger partial charge in [0.2, 0.25) is 5.91 Å². The molecule has 0 spiro atoms. The molecule has 4 nitrogen and oxygen atoms in total. The standard InChI is InChI=1S/C15H13F2NO3/c16-9-3-4-11(10(17)6-9)18-14(19)12-7-1-2-8(5-7)13(12)15(20)21/h1-4,6-8,12-13H,5H2,(H,18,19)(H,20,21)/t7-,8+,12-,13+/m1/s1. The zero-order valence-electron chi connectivity index (χ0n) is 10.9. The topological polar surface area (TPSA) is 66.4 Å². The van der Waals surface area contributed by atoms with Gasteiger partial charge in [0.15, 0.2) is 0 Å². The van der Waals surface area contributed by atoms with E-state index in [0.29, 0.717) is 12.5 Å². The fraction of sp³-hybridized carbons (Fsp3) is 0.333. The van der Waals surface area contributed by atoms with Gasteiger partial charge in [0, 0.05) is 6.07 Å². The molecule has 0 aliphatic heterocycles. The number of fused-ring (bicyclic) bond motifs is 2. The molecule has 21 heavy (non-hydrogen) atoms. The minimum absolute atomic E-state index is 0.139. The van der Waals surface area contributed by atoms with Gasteiger partial charge in [0.25, 0.3) is 0 Å². The lowest BCUT2D eigenvalue weighted by Gasteiger charge is -2.23. The average Bonchev–Trinajstić information content (AvgIpc) is 3.02. The van der Waals surface area contributed by atoms with Gasteiger partial charge in [-0.25, -0.2) is 8.78 Å². The summed E-state index contributed by atoms with van der Waals surface area (Å²) in [6.07, 6.45) is 4.29. The maximum atomic E-state index is 13.6. The Kier molecular flexibility index (Phi) is 3.23. The Bertz CT molecular complexity index is 644. The number of amides is 1. The van der Waals surface area contributed by atoms with Crippen molar-refractivity contribution < 1.29 is 23.5 Å². The number of halogens is 2. The lowest BCUT2D eigenvalue weighted by atomic mass is 9.82. The van der Waals surface area contributed by atoms with Crippen molar-refractivity contribution in [2.75, 3.05) is 5.32 Å². The molecule has 2 aliphatic rings. The third-order valence-corrected chi connectivity index (χ3v) is 4.24. The summed E-state index contributed by atoms with van der Waals surface area (Å²) < 4.78 is 26.4. The molecule has 3 rings (SSSR count). The van der Waals surface area contributed by atoms with Crippen molar-refractivity contribution in [2.45, 2.75) is 6.42 Å². The number of carbonyl (C=O) groups is 2. The largest absolute Gasteiger partial charge is 0.481 e. The lowest BCUT2D eigenvalue weighted by molar-refractivity contribution is -0.146. The summed E-state index contributed by atoms with van der Waals surface area (Å²) in [5, 5.41) is 11.6. The second kappa shape index (κ2) is 4.95. The number of rotatable bonds is 3. The van der Waals surface area contributed by atoms with Crippen molar-refractivity contribution in [3.63, 3.8) is 0 Å². The molecule has 1 fully saturated rings. The number of allylic oxidation sites excluding steroid dienone is 2. The molecule has 4 atom stereocenters. The third-order valence-electron chi connectivity index (χ3n) is 4.24. The Morgan fingerprint density at radius 3 is 2.43 bits per heavy atom. The number of carboxylic acids is 1. The van der Waals surface area contributed by atoms with E-state index >= 15 is 0 Å². The summed E-state index contributed by atoms with van der Waals surface area (Å²) in [7, 11) is 0. The maximum absolute atomic E-state index is 13.6. The first-order valence-corrected chi connectivity index (χ1v) is 6.64. The highest BCUT2D eigenvalue weighted by Gasteiger charge is 2.51. The summed E-state index contributed by atoms with van der Waals surface area (Å²) in [6, 6.07) is 2.83. The molecule has 0 unspecified atom stereocenters. The van der Waals surface area contributed by atoms with Crippen molar-refractivity contribution in [3.8, 4) is 0 Å². The molecule has 2 aliphatic carbocycles. The number of anilines is 1. The minimum Gasteiger partial charge on any atom is -0.481 e. The maximum Gasteiger partial charge on any atom is 0.307 e. The molecule has 1 amide bonds. The highest BCUT2D eigenvalue weighted by Crippen LogP contribution is 2.48. The monoisotopic (exact) mass is 293 g/mol. The molecular formula is C15H13F2NO3. The van der Waals surface area contributed by atoms with Gasteiger partial charge in [0.05, 0.1) is 17.5 Å². The second-order valence-electron chi connectivity index (χ2n) is 5.45. The highest BCUT2D eigenvalue weighted by molar-refractivity contribution is 5.96.